The summed E-state index contributed by atoms with van der Waals surface area (Å²) in [6, 6.07) is 0.182. The standard InChI is InChI=1S/C11H19NO4/c13-9-3-1-8(2-4-9)12-11(14)10-7-15-5-6-16-10/h8-10,13H,1-7H2,(H,12,14). The molecule has 0 aromatic rings. The van der Waals surface area contributed by atoms with Gasteiger partial charge in [0.25, 0.3) is 5.91 Å². The number of aliphatic hydroxyl groups is 1. The van der Waals surface area contributed by atoms with E-state index in [9.17, 15) is 9.90 Å². The Kier molecular flexibility index (Phi) is 4.15. The highest BCUT2D eigenvalue weighted by Crippen LogP contribution is 2.18. The molecule has 5 nitrogen and oxygen atoms in total. The van der Waals surface area contributed by atoms with E-state index in [0.717, 1.165) is 25.7 Å². The van der Waals surface area contributed by atoms with E-state index >= 15 is 0 Å². The first-order chi connectivity index (χ1) is 7.75. The van der Waals surface area contributed by atoms with Crippen molar-refractivity contribution in [1.82, 2.24) is 5.32 Å². The Morgan fingerprint density at radius 2 is 1.94 bits per heavy atom. The highest BCUT2D eigenvalue weighted by molar-refractivity contribution is 5.81. The zero-order chi connectivity index (χ0) is 11.4. The van der Waals surface area contributed by atoms with Crippen molar-refractivity contribution in [2.75, 3.05) is 19.8 Å². The van der Waals surface area contributed by atoms with Crippen LogP contribution in [0.2, 0.25) is 0 Å². The van der Waals surface area contributed by atoms with Crippen molar-refractivity contribution in [2.45, 2.75) is 43.9 Å². The molecule has 0 bridgehead atoms. The number of hydrogen-bond acceptors (Lipinski definition) is 4. The predicted octanol–water partition coefficient (Wildman–Crippen LogP) is -0.179. The summed E-state index contributed by atoms with van der Waals surface area (Å²) in [6.07, 6.45) is 2.59. The van der Waals surface area contributed by atoms with E-state index < -0.39 is 6.10 Å². The third kappa shape index (κ3) is 3.17. The number of carbonyl (C=O) groups is 1. The molecule has 1 saturated heterocycles. The van der Waals surface area contributed by atoms with Crippen LogP contribution in [0, 0.1) is 0 Å². The summed E-state index contributed by atoms with van der Waals surface area (Å²) < 4.78 is 10.5. The van der Waals surface area contributed by atoms with E-state index in [4.69, 9.17) is 9.47 Å². The van der Waals surface area contributed by atoms with Crippen LogP contribution >= 0.6 is 0 Å². The van der Waals surface area contributed by atoms with Crippen LogP contribution in [0.15, 0.2) is 0 Å². The monoisotopic (exact) mass is 229 g/mol. The summed E-state index contributed by atoms with van der Waals surface area (Å²) >= 11 is 0. The van der Waals surface area contributed by atoms with Gasteiger partial charge in [0.1, 0.15) is 0 Å². The Bertz CT molecular complexity index is 232. The second kappa shape index (κ2) is 5.61. The van der Waals surface area contributed by atoms with Crippen molar-refractivity contribution >= 4 is 5.91 Å². The fourth-order valence-corrected chi connectivity index (χ4v) is 2.15. The molecule has 1 saturated carbocycles. The second-order valence-electron chi connectivity index (χ2n) is 4.45. The van der Waals surface area contributed by atoms with Crippen LogP contribution in [0.1, 0.15) is 25.7 Å². The van der Waals surface area contributed by atoms with Crippen molar-refractivity contribution in [3.05, 3.63) is 0 Å². The summed E-state index contributed by atoms with van der Waals surface area (Å²) in [4.78, 5) is 11.8. The van der Waals surface area contributed by atoms with Gasteiger partial charge in [-0.1, -0.05) is 0 Å². The molecule has 92 valence electrons. The van der Waals surface area contributed by atoms with Crippen molar-refractivity contribution in [2.24, 2.45) is 0 Å². The summed E-state index contributed by atoms with van der Waals surface area (Å²) in [5.74, 6) is -0.0823. The maximum absolute atomic E-state index is 11.8. The summed E-state index contributed by atoms with van der Waals surface area (Å²) in [5, 5.41) is 12.3. The van der Waals surface area contributed by atoms with Crippen molar-refractivity contribution in [3.63, 3.8) is 0 Å². The van der Waals surface area contributed by atoms with Crippen LogP contribution in [0.5, 0.6) is 0 Å². The quantitative estimate of drug-likeness (QED) is 0.689. The van der Waals surface area contributed by atoms with Crippen LogP contribution in [0.4, 0.5) is 0 Å². The third-order valence-electron chi connectivity index (χ3n) is 3.15. The lowest BCUT2D eigenvalue weighted by atomic mass is 9.93. The fourth-order valence-electron chi connectivity index (χ4n) is 2.15. The zero-order valence-corrected chi connectivity index (χ0v) is 9.35. The molecule has 1 aliphatic carbocycles. The number of hydrogen-bond donors (Lipinski definition) is 2. The van der Waals surface area contributed by atoms with Gasteiger partial charge in [0.2, 0.25) is 0 Å². The van der Waals surface area contributed by atoms with E-state index in [2.05, 4.69) is 5.32 Å². The molecule has 0 radical (unpaired) electrons. The number of amides is 1. The number of rotatable bonds is 2. The molecule has 2 rings (SSSR count). The highest BCUT2D eigenvalue weighted by Gasteiger charge is 2.26. The van der Waals surface area contributed by atoms with Gasteiger partial charge in [0, 0.05) is 6.04 Å². The number of ether oxygens (including phenoxy) is 2. The SMILES string of the molecule is O=C(NC1CCC(O)CC1)C1COCCO1. The minimum Gasteiger partial charge on any atom is -0.393 e. The molecule has 1 amide bonds. The Balaban J connectivity index is 1.73. The molecule has 5 heteroatoms. The third-order valence-corrected chi connectivity index (χ3v) is 3.15. The molecule has 16 heavy (non-hydrogen) atoms. The summed E-state index contributed by atoms with van der Waals surface area (Å²) in [5.41, 5.74) is 0. The van der Waals surface area contributed by atoms with E-state index in [1.54, 1.807) is 0 Å². The van der Waals surface area contributed by atoms with Crippen molar-refractivity contribution < 1.29 is 19.4 Å². The first-order valence-electron chi connectivity index (χ1n) is 5.93. The molecule has 2 N–H and O–H groups in total. The van der Waals surface area contributed by atoms with Gasteiger partial charge in [-0.3, -0.25) is 4.79 Å². The Morgan fingerprint density at radius 3 is 2.56 bits per heavy atom. The molecule has 2 aliphatic rings. The predicted molar refractivity (Wildman–Crippen MR) is 57.0 cm³/mol. The van der Waals surface area contributed by atoms with Gasteiger partial charge >= 0.3 is 0 Å². The van der Waals surface area contributed by atoms with Crippen molar-refractivity contribution in [1.29, 1.82) is 0 Å². The van der Waals surface area contributed by atoms with E-state index in [-0.39, 0.29) is 18.1 Å². The lowest BCUT2D eigenvalue weighted by Gasteiger charge is -2.29. The normalized spacial score (nSPS) is 35.7. The molecular weight excluding hydrogens is 210 g/mol. The van der Waals surface area contributed by atoms with E-state index in [1.165, 1.54) is 0 Å². The number of carbonyl (C=O) groups excluding carboxylic acids is 1. The van der Waals surface area contributed by atoms with Gasteiger partial charge in [-0.15, -0.1) is 0 Å². The number of aliphatic hydroxyl groups excluding tert-OH is 1. The molecule has 0 aromatic carbocycles. The van der Waals surface area contributed by atoms with Gasteiger partial charge in [0.05, 0.1) is 25.9 Å². The largest absolute Gasteiger partial charge is 0.393 e. The maximum atomic E-state index is 11.8. The van der Waals surface area contributed by atoms with Crippen LogP contribution in [0.25, 0.3) is 0 Å². The van der Waals surface area contributed by atoms with Crippen LogP contribution < -0.4 is 5.32 Å². The second-order valence-corrected chi connectivity index (χ2v) is 4.45. The lowest BCUT2D eigenvalue weighted by molar-refractivity contribution is -0.148. The van der Waals surface area contributed by atoms with Gasteiger partial charge in [-0.2, -0.15) is 0 Å². The topological polar surface area (TPSA) is 67.8 Å². The lowest BCUT2D eigenvalue weighted by Crippen LogP contribution is -2.47. The molecule has 0 aromatic heterocycles. The molecular formula is C11H19NO4. The van der Waals surface area contributed by atoms with Gasteiger partial charge < -0.3 is 19.9 Å². The average Bonchev–Trinajstić information content (AvgIpc) is 2.33. The minimum atomic E-state index is -0.458. The number of nitrogens with one attached hydrogen (secondary N) is 1. The first-order valence-corrected chi connectivity index (χ1v) is 5.93. The molecule has 0 spiro atoms. The van der Waals surface area contributed by atoms with Crippen LogP contribution in [-0.4, -0.2) is 49.1 Å². The first kappa shape index (κ1) is 11.8. The molecule has 1 heterocycles. The van der Waals surface area contributed by atoms with E-state index in [0.29, 0.717) is 19.8 Å². The molecule has 2 fully saturated rings. The zero-order valence-electron chi connectivity index (χ0n) is 9.35. The van der Waals surface area contributed by atoms with Gasteiger partial charge in [-0.25, -0.2) is 0 Å². The molecule has 1 unspecified atom stereocenters. The average molecular weight is 229 g/mol. The fraction of sp³-hybridized carbons (Fsp3) is 0.909. The molecule has 1 aliphatic heterocycles. The van der Waals surface area contributed by atoms with E-state index in [1.807, 2.05) is 0 Å². The van der Waals surface area contributed by atoms with Gasteiger partial charge in [0.15, 0.2) is 6.10 Å². The van der Waals surface area contributed by atoms with Gasteiger partial charge in [-0.05, 0) is 25.7 Å². The Labute approximate surface area is 95.1 Å². The van der Waals surface area contributed by atoms with Crippen LogP contribution in [0.3, 0.4) is 0 Å². The Hall–Kier alpha value is -0.650. The van der Waals surface area contributed by atoms with Crippen molar-refractivity contribution in [3.8, 4) is 0 Å². The summed E-state index contributed by atoms with van der Waals surface area (Å²) in [6.45, 7) is 1.40. The minimum absolute atomic E-state index is 0.0823. The highest BCUT2D eigenvalue weighted by atomic mass is 16.6. The smallest absolute Gasteiger partial charge is 0.251 e. The van der Waals surface area contributed by atoms with Crippen LogP contribution in [-0.2, 0) is 14.3 Å². The Morgan fingerprint density at radius 1 is 1.19 bits per heavy atom. The summed E-state index contributed by atoms with van der Waals surface area (Å²) in [7, 11) is 0. The maximum Gasteiger partial charge on any atom is 0.251 e. The molecule has 1 atom stereocenters.